The lowest BCUT2D eigenvalue weighted by atomic mass is 10.1. The largest absolute Gasteiger partial charge is 0.333 e. The molecule has 0 amide bonds. The lowest BCUT2D eigenvalue weighted by molar-refractivity contribution is 0.429. The van der Waals surface area contributed by atoms with Crippen LogP contribution in [0.2, 0.25) is 0 Å². The Morgan fingerprint density at radius 3 is 2.94 bits per heavy atom. The van der Waals surface area contributed by atoms with Gasteiger partial charge in [0, 0.05) is 0 Å². The van der Waals surface area contributed by atoms with E-state index in [2.05, 4.69) is 25.3 Å². The average molecular weight is 245 g/mol. The van der Waals surface area contributed by atoms with E-state index in [-0.39, 0.29) is 17.3 Å². The molecule has 2 heterocycles. The van der Waals surface area contributed by atoms with Gasteiger partial charge in [-0.1, -0.05) is 11.2 Å². The first-order valence-electron chi connectivity index (χ1n) is 5.20. The highest BCUT2D eigenvalue weighted by atomic mass is 19.1. The Balaban J connectivity index is 2.03. The second-order valence-corrected chi connectivity index (χ2v) is 3.74. The maximum Gasteiger partial charge on any atom is 0.261 e. The number of hydrogen-bond acceptors (Lipinski definition) is 5. The van der Waals surface area contributed by atoms with E-state index in [1.807, 2.05) is 0 Å². The molecule has 90 valence electrons. The van der Waals surface area contributed by atoms with Crippen molar-refractivity contribution in [3.05, 3.63) is 35.9 Å². The zero-order valence-electron chi connectivity index (χ0n) is 9.38. The highest BCUT2D eigenvalue weighted by molar-refractivity contribution is 5.57. The molecule has 0 aliphatic heterocycles. The Morgan fingerprint density at radius 1 is 1.33 bits per heavy atom. The van der Waals surface area contributed by atoms with Crippen molar-refractivity contribution in [2.45, 2.75) is 6.92 Å². The van der Waals surface area contributed by atoms with Crippen LogP contribution in [-0.4, -0.2) is 25.3 Å². The van der Waals surface area contributed by atoms with Crippen LogP contribution < -0.4 is 0 Å². The zero-order valence-corrected chi connectivity index (χ0v) is 9.38. The van der Waals surface area contributed by atoms with Gasteiger partial charge in [-0.25, -0.2) is 9.37 Å². The fraction of sp³-hybridized carbons (Fsp3) is 0.0909. The van der Waals surface area contributed by atoms with Gasteiger partial charge in [0.1, 0.15) is 12.1 Å². The van der Waals surface area contributed by atoms with Crippen LogP contribution in [0.15, 0.2) is 29.0 Å². The van der Waals surface area contributed by atoms with E-state index in [9.17, 15) is 4.39 Å². The molecule has 3 aromatic rings. The molecule has 0 radical (unpaired) electrons. The summed E-state index contributed by atoms with van der Waals surface area (Å²) >= 11 is 0. The van der Waals surface area contributed by atoms with Gasteiger partial charge in [0.15, 0.2) is 5.82 Å². The average Bonchev–Trinajstić information content (AvgIpc) is 2.99. The van der Waals surface area contributed by atoms with Crippen molar-refractivity contribution in [3.8, 4) is 23.1 Å². The molecule has 0 atom stereocenters. The molecular weight excluding hydrogens is 237 g/mol. The summed E-state index contributed by atoms with van der Waals surface area (Å²) in [7, 11) is 0. The molecule has 0 spiro atoms. The van der Waals surface area contributed by atoms with Gasteiger partial charge >= 0.3 is 0 Å². The number of hydrogen-bond donors (Lipinski definition) is 1. The number of rotatable bonds is 2. The molecule has 7 heteroatoms. The highest BCUT2D eigenvalue weighted by Crippen LogP contribution is 2.23. The van der Waals surface area contributed by atoms with Gasteiger partial charge in [-0.15, -0.1) is 0 Å². The molecule has 6 nitrogen and oxygen atoms in total. The van der Waals surface area contributed by atoms with E-state index in [0.29, 0.717) is 5.82 Å². The van der Waals surface area contributed by atoms with E-state index in [0.717, 1.165) is 5.56 Å². The maximum absolute atomic E-state index is 13.7. The third-order valence-corrected chi connectivity index (χ3v) is 2.41. The summed E-state index contributed by atoms with van der Waals surface area (Å²) in [4.78, 5) is 7.95. The van der Waals surface area contributed by atoms with Crippen molar-refractivity contribution >= 4 is 0 Å². The smallest absolute Gasteiger partial charge is 0.261 e. The van der Waals surface area contributed by atoms with Crippen molar-refractivity contribution in [2.75, 3.05) is 0 Å². The maximum atomic E-state index is 13.7. The number of halogens is 1. The number of benzene rings is 1. The lowest BCUT2D eigenvalue weighted by Gasteiger charge is -1.97. The summed E-state index contributed by atoms with van der Waals surface area (Å²) in [6.45, 7) is 1.81. The Morgan fingerprint density at radius 2 is 2.22 bits per heavy atom. The molecule has 0 aliphatic rings. The Bertz CT molecular complexity index is 677. The molecule has 1 N–H and O–H groups in total. The quantitative estimate of drug-likeness (QED) is 0.746. The second-order valence-electron chi connectivity index (χ2n) is 3.74. The minimum absolute atomic E-state index is 0.110. The van der Waals surface area contributed by atoms with Crippen LogP contribution in [0.1, 0.15) is 5.56 Å². The minimum atomic E-state index is -0.400. The summed E-state index contributed by atoms with van der Waals surface area (Å²) in [5.41, 5.74) is 1.09. The molecule has 0 bridgehead atoms. The van der Waals surface area contributed by atoms with Gasteiger partial charge in [-0.3, -0.25) is 5.10 Å². The van der Waals surface area contributed by atoms with Crippen molar-refractivity contribution in [3.63, 3.8) is 0 Å². The van der Waals surface area contributed by atoms with Crippen LogP contribution >= 0.6 is 0 Å². The van der Waals surface area contributed by atoms with Crippen LogP contribution in [0, 0.1) is 12.7 Å². The van der Waals surface area contributed by atoms with Crippen LogP contribution in [0.4, 0.5) is 4.39 Å². The topological polar surface area (TPSA) is 80.5 Å². The summed E-state index contributed by atoms with van der Waals surface area (Å²) < 4.78 is 18.7. The van der Waals surface area contributed by atoms with E-state index in [1.54, 1.807) is 19.1 Å². The summed E-state index contributed by atoms with van der Waals surface area (Å²) in [5.74, 6) is 0.321. The Hall–Kier alpha value is -2.57. The number of aromatic amines is 1. The molecule has 18 heavy (non-hydrogen) atoms. The van der Waals surface area contributed by atoms with Crippen molar-refractivity contribution in [1.82, 2.24) is 25.3 Å². The van der Waals surface area contributed by atoms with E-state index in [4.69, 9.17) is 4.52 Å². The first-order chi connectivity index (χ1) is 8.74. The van der Waals surface area contributed by atoms with Crippen LogP contribution in [0.3, 0.4) is 0 Å². The number of nitrogens with zero attached hydrogens (tertiary/aromatic N) is 4. The van der Waals surface area contributed by atoms with Crippen LogP contribution in [-0.2, 0) is 0 Å². The monoisotopic (exact) mass is 245 g/mol. The SMILES string of the molecule is Cc1ccc(-c2nc(-c3ncn[nH]3)no2)c(F)c1. The number of aromatic nitrogens is 5. The van der Waals surface area contributed by atoms with Gasteiger partial charge in [0.2, 0.25) is 5.82 Å². The van der Waals surface area contributed by atoms with Crippen LogP contribution in [0.25, 0.3) is 23.1 Å². The first-order valence-corrected chi connectivity index (χ1v) is 5.20. The van der Waals surface area contributed by atoms with Gasteiger partial charge in [-0.2, -0.15) is 10.1 Å². The molecule has 0 saturated carbocycles. The standard InChI is InChI=1S/C11H8FN5O/c1-6-2-3-7(8(12)4-6)11-15-10(17-18-11)9-13-5-14-16-9/h2-5H,1H3,(H,13,14,16). The van der Waals surface area contributed by atoms with Gasteiger partial charge in [-0.05, 0) is 24.6 Å². The third kappa shape index (κ3) is 1.75. The predicted octanol–water partition coefficient (Wildman–Crippen LogP) is 1.97. The molecule has 2 aromatic heterocycles. The Kier molecular flexibility index (Phi) is 2.36. The molecule has 0 saturated heterocycles. The van der Waals surface area contributed by atoms with E-state index in [1.165, 1.54) is 12.4 Å². The molecule has 3 rings (SSSR count). The number of H-pyrrole nitrogens is 1. The van der Waals surface area contributed by atoms with Gasteiger partial charge in [0.25, 0.3) is 5.89 Å². The summed E-state index contributed by atoms with van der Waals surface area (Å²) in [5, 5.41) is 9.99. The first kappa shape index (κ1) is 10.6. The van der Waals surface area contributed by atoms with Crippen LogP contribution in [0.5, 0.6) is 0 Å². The van der Waals surface area contributed by atoms with E-state index < -0.39 is 5.82 Å². The van der Waals surface area contributed by atoms with Crippen molar-refractivity contribution < 1.29 is 8.91 Å². The van der Waals surface area contributed by atoms with Gasteiger partial charge in [0.05, 0.1) is 5.56 Å². The highest BCUT2D eigenvalue weighted by Gasteiger charge is 2.15. The van der Waals surface area contributed by atoms with Crippen molar-refractivity contribution in [1.29, 1.82) is 0 Å². The lowest BCUT2D eigenvalue weighted by Crippen LogP contribution is -1.87. The van der Waals surface area contributed by atoms with Gasteiger partial charge < -0.3 is 4.52 Å². The number of nitrogens with one attached hydrogen (secondary N) is 1. The molecule has 0 unspecified atom stereocenters. The number of aryl methyl sites for hydroxylation is 1. The van der Waals surface area contributed by atoms with E-state index >= 15 is 0 Å². The van der Waals surface area contributed by atoms with Crippen molar-refractivity contribution in [2.24, 2.45) is 0 Å². The molecule has 1 aromatic carbocycles. The summed E-state index contributed by atoms with van der Waals surface area (Å²) in [6, 6.07) is 4.78. The second kappa shape index (κ2) is 4.02. The fourth-order valence-corrected chi connectivity index (χ4v) is 1.54. The predicted molar refractivity (Wildman–Crippen MR) is 59.8 cm³/mol. The normalized spacial score (nSPS) is 10.8. The fourth-order valence-electron chi connectivity index (χ4n) is 1.54. The third-order valence-electron chi connectivity index (χ3n) is 2.41. The summed E-state index contributed by atoms with van der Waals surface area (Å²) in [6.07, 6.45) is 1.33. The molecule has 0 aliphatic carbocycles. The minimum Gasteiger partial charge on any atom is -0.333 e. The molecular formula is C11H8FN5O. The Labute approximate surface area is 101 Å². The molecule has 0 fully saturated rings. The zero-order chi connectivity index (χ0) is 12.5.